The molecular formula is C21H24ClNO6. The second kappa shape index (κ2) is 11.8. The number of rotatable bonds is 11. The van der Waals surface area contributed by atoms with Crippen LogP contribution in [0.2, 0.25) is 5.02 Å². The van der Waals surface area contributed by atoms with Gasteiger partial charge in [-0.15, -0.1) is 0 Å². The first kappa shape index (κ1) is 22.4. The van der Waals surface area contributed by atoms with Gasteiger partial charge in [0.25, 0.3) is 5.91 Å². The summed E-state index contributed by atoms with van der Waals surface area (Å²) in [6.07, 6.45) is 0.591. The maximum absolute atomic E-state index is 11.9. The molecule has 0 radical (unpaired) electrons. The average Bonchev–Trinajstić information content (AvgIpc) is 2.71. The van der Waals surface area contributed by atoms with Crippen molar-refractivity contribution in [2.24, 2.45) is 0 Å². The van der Waals surface area contributed by atoms with Gasteiger partial charge < -0.3 is 24.3 Å². The third-order valence-corrected chi connectivity index (χ3v) is 4.03. The lowest BCUT2D eigenvalue weighted by molar-refractivity contribution is -0.147. The highest BCUT2D eigenvalue weighted by molar-refractivity contribution is 6.32. The van der Waals surface area contributed by atoms with Gasteiger partial charge in [-0.25, -0.2) is 0 Å². The van der Waals surface area contributed by atoms with Crippen LogP contribution in [-0.4, -0.2) is 38.8 Å². The van der Waals surface area contributed by atoms with Crippen LogP contribution in [0.5, 0.6) is 17.2 Å². The molecule has 2 aromatic carbocycles. The Morgan fingerprint density at radius 3 is 2.41 bits per heavy atom. The zero-order chi connectivity index (χ0) is 21.1. The van der Waals surface area contributed by atoms with E-state index >= 15 is 0 Å². The van der Waals surface area contributed by atoms with Crippen molar-refractivity contribution < 1.29 is 28.5 Å². The number of anilines is 1. The molecule has 0 saturated carbocycles. The predicted molar refractivity (Wildman–Crippen MR) is 110 cm³/mol. The quantitative estimate of drug-likeness (QED) is 0.434. The van der Waals surface area contributed by atoms with Gasteiger partial charge in [0, 0.05) is 12.1 Å². The van der Waals surface area contributed by atoms with Gasteiger partial charge in [0.1, 0.15) is 5.75 Å². The summed E-state index contributed by atoms with van der Waals surface area (Å²) in [5.74, 6) is 0.853. The van der Waals surface area contributed by atoms with Gasteiger partial charge in [0.15, 0.2) is 18.1 Å². The standard InChI is InChI=1S/C21H24ClNO6/c1-3-27-18-7-4-5-8-19(18)28-12-6-9-21(25)29-14-20(24)23-15-10-11-17(26-2)16(22)13-15/h4-5,7-8,10-11,13H,3,6,9,12,14H2,1-2H3,(H,23,24). The zero-order valence-corrected chi connectivity index (χ0v) is 17.2. The number of hydrogen-bond donors (Lipinski definition) is 1. The first-order chi connectivity index (χ1) is 14.0. The van der Waals surface area contributed by atoms with Crippen LogP contribution in [0.25, 0.3) is 0 Å². The number of nitrogens with one attached hydrogen (secondary N) is 1. The van der Waals surface area contributed by atoms with E-state index in [2.05, 4.69) is 5.32 Å². The van der Waals surface area contributed by atoms with Gasteiger partial charge in [-0.05, 0) is 43.7 Å². The minimum absolute atomic E-state index is 0.137. The van der Waals surface area contributed by atoms with E-state index in [-0.39, 0.29) is 13.0 Å². The van der Waals surface area contributed by atoms with Crippen molar-refractivity contribution in [1.29, 1.82) is 0 Å². The lowest BCUT2D eigenvalue weighted by Gasteiger charge is -2.11. The molecule has 1 N–H and O–H groups in total. The van der Waals surface area contributed by atoms with Gasteiger partial charge in [0.05, 0.1) is 25.3 Å². The fourth-order valence-electron chi connectivity index (χ4n) is 2.40. The Bertz CT molecular complexity index is 827. The smallest absolute Gasteiger partial charge is 0.306 e. The topological polar surface area (TPSA) is 83.1 Å². The Morgan fingerprint density at radius 1 is 1.03 bits per heavy atom. The Labute approximate surface area is 174 Å². The van der Waals surface area contributed by atoms with Crippen molar-refractivity contribution in [1.82, 2.24) is 0 Å². The molecule has 2 rings (SSSR count). The number of carbonyl (C=O) groups excluding carboxylic acids is 2. The number of para-hydroxylation sites is 2. The fourth-order valence-corrected chi connectivity index (χ4v) is 2.66. The third kappa shape index (κ3) is 7.54. The van der Waals surface area contributed by atoms with E-state index in [1.54, 1.807) is 24.3 Å². The Morgan fingerprint density at radius 2 is 1.76 bits per heavy atom. The predicted octanol–water partition coefficient (Wildman–Crippen LogP) is 4.09. The maximum atomic E-state index is 11.9. The van der Waals surface area contributed by atoms with E-state index in [0.717, 1.165) is 0 Å². The molecule has 156 valence electrons. The van der Waals surface area contributed by atoms with Crippen LogP contribution in [0.3, 0.4) is 0 Å². The number of amides is 1. The van der Waals surface area contributed by atoms with Crippen LogP contribution in [0.1, 0.15) is 19.8 Å². The first-order valence-electron chi connectivity index (χ1n) is 9.17. The lowest BCUT2D eigenvalue weighted by atomic mass is 10.3. The molecule has 8 heteroatoms. The summed E-state index contributed by atoms with van der Waals surface area (Å²) >= 11 is 6.00. The summed E-state index contributed by atoms with van der Waals surface area (Å²) in [5, 5.41) is 2.97. The summed E-state index contributed by atoms with van der Waals surface area (Å²) in [4.78, 5) is 23.7. The van der Waals surface area contributed by atoms with E-state index in [0.29, 0.717) is 47.6 Å². The molecule has 0 atom stereocenters. The van der Waals surface area contributed by atoms with E-state index in [9.17, 15) is 9.59 Å². The molecule has 0 aliphatic carbocycles. The summed E-state index contributed by atoms with van der Waals surface area (Å²) in [6.45, 7) is 2.38. The van der Waals surface area contributed by atoms with Crippen molar-refractivity contribution >= 4 is 29.2 Å². The number of esters is 1. The second-order valence-corrected chi connectivity index (χ2v) is 6.30. The molecule has 0 fully saturated rings. The van der Waals surface area contributed by atoms with Gasteiger partial charge >= 0.3 is 5.97 Å². The zero-order valence-electron chi connectivity index (χ0n) is 16.4. The average molecular weight is 422 g/mol. The minimum atomic E-state index is -0.477. The van der Waals surface area contributed by atoms with Crippen molar-refractivity contribution in [2.45, 2.75) is 19.8 Å². The molecule has 0 saturated heterocycles. The second-order valence-electron chi connectivity index (χ2n) is 5.89. The van der Waals surface area contributed by atoms with Crippen LogP contribution >= 0.6 is 11.6 Å². The van der Waals surface area contributed by atoms with Gasteiger partial charge in [0.2, 0.25) is 0 Å². The number of hydrogen-bond acceptors (Lipinski definition) is 6. The first-order valence-corrected chi connectivity index (χ1v) is 9.55. The molecule has 0 spiro atoms. The highest BCUT2D eigenvalue weighted by atomic mass is 35.5. The highest BCUT2D eigenvalue weighted by Crippen LogP contribution is 2.27. The highest BCUT2D eigenvalue weighted by Gasteiger charge is 2.10. The van der Waals surface area contributed by atoms with Crippen molar-refractivity contribution in [3.05, 3.63) is 47.5 Å². The van der Waals surface area contributed by atoms with E-state index in [1.165, 1.54) is 7.11 Å². The normalized spacial score (nSPS) is 10.2. The monoisotopic (exact) mass is 421 g/mol. The molecule has 1 amide bonds. The number of methoxy groups -OCH3 is 1. The van der Waals surface area contributed by atoms with Crippen LogP contribution < -0.4 is 19.5 Å². The SMILES string of the molecule is CCOc1ccccc1OCCCC(=O)OCC(=O)Nc1ccc(OC)c(Cl)c1. The molecule has 2 aromatic rings. The number of carbonyl (C=O) groups is 2. The van der Waals surface area contributed by atoms with Crippen LogP contribution in [0.4, 0.5) is 5.69 Å². The van der Waals surface area contributed by atoms with Crippen molar-refractivity contribution in [3.63, 3.8) is 0 Å². The molecule has 0 bridgehead atoms. The summed E-state index contributed by atoms with van der Waals surface area (Å²) in [7, 11) is 1.50. The van der Waals surface area contributed by atoms with Crippen molar-refractivity contribution in [2.75, 3.05) is 32.2 Å². The number of halogens is 1. The molecule has 0 aliphatic heterocycles. The number of ether oxygens (including phenoxy) is 4. The van der Waals surface area contributed by atoms with E-state index < -0.39 is 11.9 Å². The molecule has 0 heterocycles. The molecule has 0 aromatic heterocycles. The summed E-state index contributed by atoms with van der Waals surface area (Å²) < 4.78 is 21.1. The molecule has 7 nitrogen and oxygen atoms in total. The Hall–Kier alpha value is -2.93. The molecule has 0 aliphatic rings. The largest absolute Gasteiger partial charge is 0.495 e. The van der Waals surface area contributed by atoms with Gasteiger partial charge in [-0.3, -0.25) is 9.59 Å². The van der Waals surface area contributed by atoms with Gasteiger partial charge in [-0.1, -0.05) is 23.7 Å². The summed E-state index contributed by atoms with van der Waals surface area (Å²) in [6, 6.07) is 12.2. The van der Waals surface area contributed by atoms with Crippen LogP contribution in [0, 0.1) is 0 Å². The Kier molecular flexibility index (Phi) is 9.11. The fraction of sp³-hybridized carbons (Fsp3) is 0.333. The molecular weight excluding hydrogens is 398 g/mol. The van der Waals surface area contributed by atoms with Crippen molar-refractivity contribution in [3.8, 4) is 17.2 Å². The number of benzene rings is 2. The van der Waals surface area contributed by atoms with E-state index in [1.807, 2.05) is 25.1 Å². The van der Waals surface area contributed by atoms with Gasteiger partial charge in [-0.2, -0.15) is 0 Å². The van der Waals surface area contributed by atoms with Crippen LogP contribution in [0.15, 0.2) is 42.5 Å². The van der Waals surface area contributed by atoms with Crippen LogP contribution in [-0.2, 0) is 14.3 Å². The molecule has 0 unspecified atom stereocenters. The lowest BCUT2D eigenvalue weighted by Crippen LogP contribution is -2.21. The molecule has 29 heavy (non-hydrogen) atoms. The Balaban J connectivity index is 1.67. The third-order valence-electron chi connectivity index (χ3n) is 3.73. The minimum Gasteiger partial charge on any atom is -0.495 e. The van der Waals surface area contributed by atoms with E-state index in [4.69, 9.17) is 30.5 Å². The summed E-state index contributed by atoms with van der Waals surface area (Å²) in [5.41, 5.74) is 0.484. The maximum Gasteiger partial charge on any atom is 0.306 e.